The molecule has 0 saturated carbocycles. The maximum Gasteiger partial charge on any atom is 0.490 e. The van der Waals surface area contributed by atoms with Crippen molar-refractivity contribution in [2.24, 2.45) is 5.73 Å². The molecule has 3 aromatic rings. The molecule has 1 aromatic heterocycles. The highest BCUT2D eigenvalue weighted by Crippen LogP contribution is 2.31. The predicted octanol–water partition coefficient (Wildman–Crippen LogP) is 3.31. The van der Waals surface area contributed by atoms with Crippen LogP contribution >= 0.6 is 0 Å². The van der Waals surface area contributed by atoms with E-state index in [0.717, 1.165) is 0 Å². The molecule has 0 aliphatic rings. The molecule has 7 N–H and O–H groups in total. The number of nitrogens with zero attached hydrogens (tertiary/aromatic N) is 1. The number of rotatable bonds is 9. The molecule has 0 spiro atoms. The summed E-state index contributed by atoms with van der Waals surface area (Å²) in [6.07, 6.45) is -3.46. The highest BCUT2D eigenvalue weighted by Gasteiger charge is 2.38. The van der Waals surface area contributed by atoms with Gasteiger partial charge in [0.05, 0.1) is 14.2 Å². The highest BCUT2D eigenvalue weighted by molar-refractivity contribution is 5.95. The second-order valence-electron chi connectivity index (χ2n) is 7.31. The monoisotopic (exact) mass is 534 g/mol. The third-order valence-corrected chi connectivity index (χ3v) is 4.73. The van der Waals surface area contributed by atoms with Crippen molar-refractivity contribution < 1.29 is 37.3 Å². The van der Waals surface area contributed by atoms with Crippen molar-refractivity contribution in [2.75, 3.05) is 25.0 Å². The normalized spacial score (nSPS) is 11.2. The van der Waals surface area contributed by atoms with Crippen LogP contribution in [-0.2, 0) is 9.59 Å². The Balaban J connectivity index is 0.000000638. The van der Waals surface area contributed by atoms with Crippen molar-refractivity contribution in [1.82, 2.24) is 10.4 Å². The Bertz CT molecular complexity index is 1240. The summed E-state index contributed by atoms with van der Waals surface area (Å²) in [5, 5.41) is 17.9. The molecule has 38 heavy (non-hydrogen) atoms. The Labute approximate surface area is 215 Å². The van der Waals surface area contributed by atoms with Gasteiger partial charge < -0.3 is 25.6 Å². The van der Waals surface area contributed by atoms with E-state index in [1.807, 2.05) is 6.07 Å². The first kappa shape index (κ1) is 29.2. The van der Waals surface area contributed by atoms with Gasteiger partial charge in [-0.1, -0.05) is 12.1 Å². The number of nitrogens with one attached hydrogen (secondary N) is 4. The molecule has 0 aliphatic carbocycles. The van der Waals surface area contributed by atoms with Crippen LogP contribution in [0.3, 0.4) is 0 Å². The number of carbonyl (C=O) groups is 2. The van der Waals surface area contributed by atoms with E-state index in [2.05, 4.69) is 21.2 Å². The first-order valence-corrected chi connectivity index (χ1v) is 10.7. The fraction of sp³-hybridized carbons (Fsp3) is 0.167. The van der Waals surface area contributed by atoms with Gasteiger partial charge in [0.15, 0.2) is 11.5 Å². The molecule has 1 atom stereocenters. The van der Waals surface area contributed by atoms with Crippen molar-refractivity contribution in [3.05, 3.63) is 78.0 Å². The minimum absolute atomic E-state index is 0.0275. The Morgan fingerprint density at radius 3 is 2.16 bits per heavy atom. The maximum atomic E-state index is 13.1. The predicted molar refractivity (Wildman–Crippen MR) is 133 cm³/mol. The van der Waals surface area contributed by atoms with E-state index in [-0.39, 0.29) is 11.7 Å². The average Bonchev–Trinajstić information content (AvgIpc) is 2.90. The maximum absolute atomic E-state index is 13.1. The number of halogens is 3. The van der Waals surface area contributed by atoms with Crippen molar-refractivity contribution in [3.8, 4) is 11.5 Å². The van der Waals surface area contributed by atoms with E-state index in [0.29, 0.717) is 34.1 Å². The van der Waals surface area contributed by atoms with Crippen LogP contribution < -0.4 is 31.4 Å². The number of nitrogens with two attached hydrogens (primary N) is 1. The van der Waals surface area contributed by atoms with Gasteiger partial charge in [-0.2, -0.15) is 13.2 Å². The van der Waals surface area contributed by atoms with Gasteiger partial charge in [0, 0.05) is 17.4 Å². The standard InChI is InChI=1S/C22H24N6O3.C2HF3O2/c1-30-17-11-8-15(13-18(17)31-2)20(22(29)28-27-19-5-3-4-12-25-19)26-16-9-6-14(7-10-16)21(23)24;3-2(4,5)1(6)7/h3-13,20,26H,1-2H3,(H3,23,24)(H,25,27)(H,28,29);(H,6,7). The second-order valence-corrected chi connectivity index (χ2v) is 7.31. The van der Waals surface area contributed by atoms with Crippen molar-refractivity contribution in [1.29, 1.82) is 5.41 Å². The zero-order chi connectivity index (χ0) is 28.3. The lowest BCUT2D eigenvalue weighted by Gasteiger charge is -2.21. The number of amidine groups is 1. The lowest BCUT2D eigenvalue weighted by Crippen LogP contribution is -2.37. The molecule has 1 heterocycles. The third kappa shape index (κ3) is 8.58. The van der Waals surface area contributed by atoms with Crippen LogP contribution in [0, 0.1) is 5.41 Å². The first-order valence-electron chi connectivity index (χ1n) is 10.7. The Kier molecular flexibility index (Phi) is 10.3. The molecular formula is C24H25F3N6O5. The van der Waals surface area contributed by atoms with Crippen LogP contribution in [0.25, 0.3) is 0 Å². The zero-order valence-corrected chi connectivity index (χ0v) is 20.2. The topological polar surface area (TPSA) is 172 Å². The van der Waals surface area contributed by atoms with Crippen LogP contribution in [0.2, 0.25) is 0 Å². The molecule has 0 aliphatic heterocycles. The van der Waals surface area contributed by atoms with Crippen molar-refractivity contribution >= 4 is 29.2 Å². The molecule has 0 radical (unpaired) electrons. The molecule has 0 bridgehead atoms. The van der Waals surface area contributed by atoms with Gasteiger partial charge in [0.25, 0.3) is 5.91 Å². The van der Waals surface area contributed by atoms with E-state index in [9.17, 15) is 18.0 Å². The van der Waals surface area contributed by atoms with E-state index in [1.165, 1.54) is 7.11 Å². The van der Waals surface area contributed by atoms with Crippen LogP contribution in [0.1, 0.15) is 17.2 Å². The number of carboxylic acid groups (broad SMARTS) is 1. The minimum atomic E-state index is -5.08. The quantitative estimate of drug-likeness (QED) is 0.137. The molecule has 0 saturated heterocycles. The van der Waals surface area contributed by atoms with Gasteiger partial charge in [-0.15, -0.1) is 0 Å². The summed E-state index contributed by atoms with van der Waals surface area (Å²) < 4.78 is 42.4. The van der Waals surface area contributed by atoms with E-state index in [4.69, 9.17) is 30.5 Å². The number of carbonyl (C=O) groups excluding carboxylic acids is 1. The fourth-order valence-corrected chi connectivity index (χ4v) is 2.88. The van der Waals surface area contributed by atoms with Crippen LogP contribution in [-0.4, -0.2) is 48.2 Å². The lowest BCUT2D eigenvalue weighted by atomic mass is 10.0. The Morgan fingerprint density at radius 1 is 1.03 bits per heavy atom. The number of benzene rings is 2. The summed E-state index contributed by atoms with van der Waals surface area (Å²) in [4.78, 5) is 26.1. The van der Waals surface area contributed by atoms with Crippen LogP contribution in [0.5, 0.6) is 11.5 Å². The van der Waals surface area contributed by atoms with Gasteiger partial charge in [0.2, 0.25) is 0 Å². The second kappa shape index (κ2) is 13.3. The molecule has 0 fully saturated rings. The minimum Gasteiger partial charge on any atom is -0.493 e. The summed E-state index contributed by atoms with van der Waals surface area (Å²) in [6, 6.07) is 16.7. The molecule has 1 unspecified atom stereocenters. The van der Waals surface area contributed by atoms with E-state index >= 15 is 0 Å². The van der Waals surface area contributed by atoms with Gasteiger partial charge in [-0.05, 0) is 54.1 Å². The SMILES string of the molecule is COc1ccc(C(Nc2ccc(C(=N)N)cc2)C(=O)NNc2ccccn2)cc1OC.O=C(O)C(F)(F)F. The number of anilines is 2. The number of nitrogen functional groups attached to an aromatic ring is 1. The number of carboxylic acids is 1. The summed E-state index contributed by atoms with van der Waals surface area (Å²) in [5.41, 5.74) is 12.9. The van der Waals surface area contributed by atoms with E-state index in [1.54, 1.807) is 67.9 Å². The summed E-state index contributed by atoms with van der Waals surface area (Å²) in [5.74, 6) is -1.55. The third-order valence-electron chi connectivity index (χ3n) is 4.73. The molecule has 3 rings (SSSR count). The van der Waals surface area contributed by atoms with E-state index < -0.39 is 18.2 Å². The molecule has 14 heteroatoms. The van der Waals surface area contributed by atoms with Gasteiger partial charge in [0.1, 0.15) is 17.7 Å². The summed E-state index contributed by atoms with van der Waals surface area (Å²) in [7, 11) is 3.08. The molecule has 1 amide bonds. The average molecular weight is 534 g/mol. The number of aromatic nitrogens is 1. The van der Waals surface area contributed by atoms with Crippen LogP contribution in [0.4, 0.5) is 24.7 Å². The summed E-state index contributed by atoms with van der Waals surface area (Å²) in [6.45, 7) is 0. The number of aliphatic carboxylic acids is 1. The van der Waals surface area contributed by atoms with Crippen molar-refractivity contribution in [3.63, 3.8) is 0 Å². The Hall–Kier alpha value is -5.01. The number of hydrogen-bond acceptors (Lipinski definition) is 8. The number of hydrogen-bond donors (Lipinski definition) is 6. The first-order chi connectivity index (χ1) is 18.0. The number of hydrazine groups is 1. The molecular weight excluding hydrogens is 509 g/mol. The largest absolute Gasteiger partial charge is 0.493 e. The van der Waals surface area contributed by atoms with Gasteiger partial charge >= 0.3 is 12.1 Å². The molecule has 2 aromatic carbocycles. The summed E-state index contributed by atoms with van der Waals surface area (Å²) >= 11 is 0. The molecule has 202 valence electrons. The number of ether oxygens (including phenoxy) is 2. The number of amides is 1. The lowest BCUT2D eigenvalue weighted by molar-refractivity contribution is -0.192. The smallest absolute Gasteiger partial charge is 0.490 e. The number of alkyl halides is 3. The zero-order valence-electron chi connectivity index (χ0n) is 20.2. The number of pyridine rings is 1. The van der Waals surface area contributed by atoms with Crippen molar-refractivity contribution in [2.45, 2.75) is 12.2 Å². The fourth-order valence-electron chi connectivity index (χ4n) is 2.88. The highest BCUT2D eigenvalue weighted by atomic mass is 19.4. The number of methoxy groups -OCH3 is 2. The van der Waals surface area contributed by atoms with Gasteiger partial charge in [-0.25, -0.2) is 9.78 Å². The Morgan fingerprint density at radius 2 is 1.66 bits per heavy atom. The molecule has 11 nitrogen and oxygen atoms in total. The van der Waals surface area contributed by atoms with Gasteiger partial charge in [-0.3, -0.25) is 21.1 Å². The van der Waals surface area contributed by atoms with Crippen LogP contribution in [0.15, 0.2) is 66.9 Å².